The maximum atomic E-state index is 5.81. The number of unbranched alkanes of at least 4 members (excludes halogenated alkanes) is 2. The lowest BCUT2D eigenvalue weighted by molar-refractivity contribution is 0.407. The van der Waals surface area contributed by atoms with Gasteiger partial charge in [0.25, 0.3) is 0 Å². The van der Waals surface area contributed by atoms with E-state index in [2.05, 4.69) is 21.9 Å². The summed E-state index contributed by atoms with van der Waals surface area (Å²) in [7, 11) is 0. The standard InChI is InChI=1S/C14H26N4/c1-2-3-7-10-18-14(13(11-15)16-17-18)12-8-5-4-6-9-12/h12H,2-11,15H2,1H3. The average Bonchev–Trinajstić information content (AvgIpc) is 2.83. The number of hydrogen-bond donors (Lipinski definition) is 1. The van der Waals surface area contributed by atoms with Crippen LogP contribution in [-0.4, -0.2) is 15.0 Å². The SMILES string of the molecule is CCCCCn1nnc(CN)c1C1CCCCC1. The Morgan fingerprint density at radius 3 is 2.67 bits per heavy atom. The van der Waals surface area contributed by atoms with Crippen LogP contribution in [0.2, 0.25) is 0 Å². The molecular weight excluding hydrogens is 224 g/mol. The fourth-order valence-electron chi connectivity index (χ4n) is 3.00. The second-order valence-electron chi connectivity index (χ2n) is 5.39. The molecule has 1 fully saturated rings. The van der Waals surface area contributed by atoms with Gasteiger partial charge in [0.05, 0.1) is 11.4 Å². The summed E-state index contributed by atoms with van der Waals surface area (Å²) in [6.07, 6.45) is 10.3. The van der Waals surface area contributed by atoms with Gasteiger partial charge in [-0.15, -0.1) is 5.10 Å². The van der Waals surface area contributed by atoms with Gasteiger partial charge in [0, 0.05) is 19.0 Å². The van der Waals surface area contributed by atoms with E-state index < -0.39 is 0 Å². The minimum atomic E-state index is 0.527. The van der Waals surface area contributed by atoms with E-state index in [0.29, 0.717) is 12.5 Å². The molecule has 1 aromatic rings. The molecule has 0 saturated heterocycles. The molecule has 1 saturated carbocycles. The highest BCUT2D eigenvalue weighted by Crippen LogP contribution is 2.33. The Bertz CT molecular complexity index is 353. The fraction of sp³-hybridized carbons (Fsp3) is 0.857. The van der Waals surface area contributed by atoms with Crippen LogP contribution >= 0.6 is 0 Å². The fourth-order valence-corrected chi connectivity index (χ4v) is 3.00. The number of aryl methyl sites for hydroxylation is 1. The van der Waals surface area contributed by atoms with E-state index in [9.17, 15) is 0 Å². The molecule has 4 nitrogen and oxygen atoms in total. The van der Waals surface area contributed by atoms with E-state index in [-0.39, 0.29) is 0 Å². The summed E-state index contributed by atoms with van der Waals surface area (Å²) in [5.74, 6) is 0.647. The second-order valence-corrected chi connectivity index (χ2v) is 5.39. The molecular formula is C14H26N4. The first-order chi connectivity index (χ1) is 8.86. The second kappa shape index (κ2) is 6.88. The highest BCUT2D eigenvalue weighted by Gasteiger charge is 2.23. The summed E-state index contributed by atoms with van der Waals surface area (Å²) in [4.78, 5) is 0. The average molecular weight is 250 g/mol. The summed E-state index contributed by atoms with van der Waals surface area (Å²) < 4.78 is 2.13. The van der Waals surface area contributed by atoms with Crippen LogP contribution in [0.15, 0.2) is 0 Å². The number of nitrogens with zero attached hydrogens (tertiary/aromatic N) is 3. The van der Waals surface area contributed by atoms with Crippen molar-refractivity contribution in [3.63, 3.8) is 0 Å². The van der Waals surface area contributed by atoms with Crippen LogP contribution < -0.4 is 5.73 Å². The van der Waals surface area contributed by atoms with Crippen LogP contribution in [0.1, 0.15) is 75.6 Å². The maximum Gasteiger partial charge on any atom is 0.0997 e. The van der Waals surface area contributed by atoms with Crippen LogP contribution in [0.3, 0.4) is 0 Å². The van der Waals surface area contributed by atoms with Crippen molar-refractivity contribution in [1.82, 2.24) is 15.0 Å². The van der Waals surface area contributed by atoms with Crippen molar-refractivity contribution < 1.29 is 0 Å². The lowest BCUT2D eigenvalue weighted by Crippen LogP contribution is -2.15. The third-order valence-corrected chi connectivity index (χ3v) is 4.01. The van der Waals surface area contributed by atoms with Gasteiger partial charge in [-0.3, -0.25) is 0 Å². The van der Waals surface area contributed by atoms with Gasteiger partial charge in [-0.25, -0.2) is 4.68 Å². The van der Waals surface area contributed by atoms with E-state index in [4.69, 9.17) is 5.73 Å². The van der Waals surface area contributed by atoms with Crippen molar-refractivity contribution in [3.8, 4) is 0 Å². The van der Waals surface area contributed by atoms with E-state index >= 15 is 0 Å². The first-order valence-corrected chi connectivity index (χ1v) is 7.49. The third kappa shape index (κ3) is 3.10. The molecule has 1 aliphatic carbocycles. The molecule has 2 rings (SSSR count). The molecule has 18 heavy (non-hydrogen) atoms. The summed E-state index contributed by atoms with van der Waals surface area (Å²) in [6.45, 7) is 3.76. The van der Waals surface area contributed by atoms with Gasteiger partial charge in [-0.1, -0.05) is 44.2 Å². The van der Waals surface area contributed by atoms with Crippen molar-refractivity contribution in [1.29, 1.82) is 0 Å². The topological polar surface area (TPSA) is 56.7 Å². The normalized spacial score (nSPS) is 17.2. The molecule has 0 atom stereocenters. The van der Waals surface area contributed by atoms with Crippen LogP contribution in [0.5, 0.6) is 0 Å². The summed E-state index contributed by atoms with van der Waals surface area (Å²) in [5.41, 5.74) is 8.18. The van der Waals surface area contributed by atoms with Gasteiger partial charge in [0.15, 0.2) is 0 Å². The first-order valence-electron chi connectivity index (χ1n) is 7.49. The van der Waals surface area contributed by atoms with Crippen molar-refractivity contribution in [2.24, 2.45) is 5.73 Å². The van der Waals surface area contributed by atoms with Gasteiger partial charge in [-0.05, 0) is 19.3 Å². The van der Waals surface area contributed by atoms with E-state index in [1.165, 1.54) is 57.1 Å². The van der Waals surface area contributed by atoms with E-state index in [1.54, 1.807) is 0 Å². The van der Waals surface area contributed by atoms with Gasteiger partial charge in [-0.2, -0.15) is 0 Å². The predicted octanol–water partition coefficient (Wildman–Crippen LogP) is 2.97. The lowest BCUT2D eigenvalue weighted by Gasteiger charge is -2.23. The lowest BCUT2D eigenvalue weighted by atomic mass is 9.86. The smallest absolute Gasteiger partial charge is 0.0997 e. The Kier molecular flexibility index (Phi) is 5.17. The Morgan fingerprint density at radius 2 is 2.00 bits per heavy atom. The minimum absolute atomic E-state index is 0.527. The molecule has 1 heterocycles. The number of aromatic nitrogens is 3. The Morgan fingerprint density at radius 1 is 1.22 bits per heavy atom. The minimum Gasteiger partial charge on any atom is -0.325 e. The highest BCUT2D eigenvalue weighted by molar-refractivity contribution is 5.16. The summed E-state index contributed by atoms with van der Waals surface area (Å²) >= 11 is 0. The molecule has 4 heteroatoms. The van der Waals surface area contributed by atoms with Gasteiger partial charge < -0.3 is 5.73 Å². The molecule has 0 amide bonds. The number of nitrogens with two attached hydrogens (primary N) is 1. The summed E-state index contributed by atoms with van der Waals surface area (Å²) in [5, 5.41) is 8.60. The van der Waals surface area contributed by atoms with Crippen LogP contribution in [0.25, 0.3) is 0 Å². The Balaban J connectivity index is 2.10. The molecule has 0 unspecified atom stereocenters. The molecule has 0 aliphatic heterocycles. The molecule has 0 radical (unpaired) electrons. The van der Waals surface area contributed by atoms with Gasteiger partial charge >= 0.3 is 0 Å². The number of rotatable bonds is 6. The Labute approximate surface area is 110 Å². The molecule has 1 aromatic heterocycles. The van der Waals surface area contributed by atoms with Gasteiger partial charge in [0.1, 0.15) is 0 Å². The first kappa shape index (κ1) is 13.5. The maximum absolute atomic E-state index is 5.81. The van der Waals surface area contributed by atoms with Crippen molar-refractivity contribution in [3.05, 3.63) is 11.4 Å². The molecule has 2 N–H and O–H groups in total. The van der Waals surface area contributed by atoms with E-state index in [1.807, 2.05) is 0 Å². The van der Waals surface area contributed by atoms with Crippen molar-refractivity contribution >= 4 is 0 Å². The van der Waals surface area contributed by atoms with Crippen LogP contribution in [0.4, 0.5) is 0 Å². The van der Waals surface area contributed by atoms with Crippen LogP contribution in [0, 0.1) is 0 Å². The predicted molar refractivity (Wildman–Crippen MR) is 73.3 cm³/mol. The molecule has 0 spiro atoms. The molecule has 0 bridgehead atoms. The highest BCUT2D eigenvalue weighted by atomic mass is 15.4. The van der Waals surface area contributed by atoms with Gasteiger partial charge in [0.2, 0.25) is 0 Å². The van der Waals surface area contributed by atoms with E-state index in [0.717, 1.165) is 12.2 Å². The quantitative estimate of drug-likeness (QED) is 0.790. The van der Waals surface area contributed by atoms with Crippen LogP contribution in [-0.2, 0) is 13.1 Å². The molecule has 102 valence electrons. The largest absolute Gasteiger partial charge is 0.325 e. The molecule has 0 aromatic carbocycles. The zero-order valence-corrected chi connectivity index (χ0v) is 11.6. The summed E-state index contributed by atoms with van der Waals surface area (Å²) in [6, 6.07) is 0. The number of hydrogen-bond acceptors (Lipinski definition) is 3. The zero-order valence-electron chi connectivity index (χ0n) is 11.6. The molecule has 1 aliphatic rings. The Hall–Kier alpha value is -0.900. The monoisotopic (exact) mass is 250 g/mol. The third-order valence-electron chi connectivity index (χ3n) is 4.01. The van der Waals surface area contributed by atoms with Crippen molar-refractivity contribution in [2.45, 2.75) is 77.3 Å². The van der Waals surface area contributed by atoms with Crippen molar-refractivity contribution in [2.75, 3.05) is 0 Å². The zero-order chi connectivity index (χ0) is 12.8.